The first-order valence-corrected chi connectivity index (χ1v) is 9.40. The highest BCUT2D eigenvalue weighted by Crippen LogP contribution is 2.33. The van der Waals surface area contributed by atoms with Crippen molar-refractivity contribution in [1.82, 2.24) is 20.0 Å². The number of carbonyl (C=O) groups excluding carboxylic acids is 1. The lowest BCUT2D eigenvalue weighted by Crippen LogP contribution is -2.45. The zero-order valence-electron chi connectivity index (χ0n) is 14.6. The van der Waals surface area contributed by atoms with E-state index in [9.17, 15) is 4.79 Å². The maximum atomic E-state index is 13.3. The maximum Gasteiger partial charge on any atom is 0.244 e. The van der Waals surface area contributed by atoms with Crippen LogP contribution in [0, 0.1) is 0 Å². The van der Waals surface area contributed by atoms with E-state index in [0.717, 1.165) is 57.4 Å². The highest BCUT2D eigenvalue weighted by Gasteiger charge is 2.35. The van der Waals surface area contributed by atoms with Crippen molar-refractivity contribution < 1.29 is 4.79 Å². The second kappa shape index (κ2) is 7.40. The number of hydrogen-bond acceptors (Lipinski definition) is 3. The minimum atomic E-state index is -0.162. The molecule has 2 aromatic rings. The van der Waals surface area contributed by atoms with Crippen molar-refractivity contribution in [2.24, 2.45) is 0 Å². The molecule has 0 radical (unpaired) electrons. The highest BCUT2D eigenvalue weighted by atomic mass is 16.2. The molecule has 2 aliphatic heterocycles. The predicted octanol–water partition coefficient (Wildman–Crippen LogP) is 2.95. The Morgan fingerprint density at radius 2 is 1.88 bits per heavy atom. The van der Waals surface area contributed by atoms with E-state index in [1.165, 1.54) is 5.69 Å². The number of aromatic nitrogens is 2. The van der Waals surface area contributed by atoms with E-state index in [1.807, 2.05) is 24.4 Å². The van der Waals surface area contributed by atoms with Gasteiger partial charge in [-0.3, -0.25) is 14.8 Å². The zero-order valence-corrected chi connectivity index (χ0v) is 14.6. The number of aromatic amines is 1. The number of nitrogens with one attached hydrogen (secondary N) is 1. The van der Waals surface area contributed by atoms with Gasteiger partial charge in [-0.2, -0.15) is 5.10 Å². The molecule has 2 fully saturated rings. The van der Waals surface area contributed by atoms with Crippen LogP contribution in [0.1, 0.15) is 48.9 Å². The molecule has 0 saturated carbocycles. The summed E-state index contributed by atoms with van der Waals surface area (Å²) in [6.07, 6.45) is 6.34. The SMILES string of the molecule is O=C([C@@H](c1ccccc1)N1CCC[C@H](c2ccn[nH]2)C1)N1CCCC1. The van der Waals surface area contributed by atoms with Crippen LogP contribution in [0.4, 0.5) is 0 Å². The van der Waals surface area contributed by atoms with Crippen LogP contribution >= 0.6 is 0 Å². The molecule has 2 atom stereocenters. The summed E-state index contributed by atoms with van der Waals surface area (Å²) in [5, 5.41) is 7.22. The van der Waals surface area contributed by atoms with Crippen LogP contribution in [0.25, 0.3) is 0 Å². The molecule has 25 heavy (non-hydrogen) atoms. The van der Waals surface area contributed by atoms with E-state index in [4.69, 9.17) is 0 Å². The number of hydrogen-bond donors (Lipinski definition) is 1. The van der Waals surface area contributed by atoms with Gasteiger partial charge in [-0.25, -0.2) is 0 Å². The lowest BCUT2D eigenvalue weighted by atomic mass is 9.92. The standard InChI is InChI=1S/C20H26N4O/c25-20(23-12-4-5-13-23)19(16-7-2-1-3-8-16)24-14-6-9-17(15-24)18-10-11-21-22-18/h1-3,7-8,10-11,17,19H,4-6,9,12-15H2,(H,21,22)/t17-,19+/m0/s1. The molecule has 1 aromatic heterocycles. The lowest BCUT2D eigenvalue weighted by molar-refractivity contribution is -0.136. The van der Waals surface area contributed by atoms with Gasteiger partial charge in [0.25, 0.3) is 0 Å². The monoisotopic (exact) mass is 338 g/mol. The second-order valence-corrected chi connectivity index (χ2v) is 7.19. The number of piperidine rings is 1. The molecule has 1 N–H and O–H groups in total. The summed E-state index contributed by atoms with van der Waals surface area (Å²) < 4.78 is 0. The first kappa shape index (κ1) is 16.3. The molecule has 3 heterocycles. The Hall–Kier alpha value is -2.14. The average molecular weight is 338 g/mol. The number of likely N-dealkylation sites (tertiary alicyclic amines) is 2. The van der Waals surface area contributed by atoms with Gasteiger partial charge >= 0.3 is 0 Å². The quantitative estimate of drug-likeness (QED) is 0.932. The number of benzene rings is 1. The minimum absolute atomic E-state index is 0.162. The Morgan fingerprint density at radius 1 is 1.08 bits per heavy atom. The first-order valence-electron chi connectivity index (χ1n) is 9.40. The number of carbonyl (C=O) groups is 1. The van der Waals surface area contributed by atoms with E-state index < -0.39 is 0 Å². The number of amides is 1. The second-order valence-electron chi connectivity index (χ2n) is 7.19. The molecule has 0 aliphatic carbocycles. The molecule has 0 bridgehead atoms. The van der Waals surface area contributed by atoms with Gasteiger partial charge in [-0.1, -0.05) is 30.3 Å². The Morgan fingerprint density at radius 3 is 2.60 bits per heavy atom. The average Bonchev–Trinajstić information content (AvgIpc) is 3.37. The predicted molar refractivity (Wildman–Crippen MR) is 97.1 cm³/mol. The number of nitrogens with zero attached hydrogens (tertiary/aromatic N) is 3. The fourth-order valence-electron chi connectivity index (χ4n) is 4.24. The Bertz CT molecular complexity index is 679. The molecule has 0 spiro atoms. The van der Waals surface area contributed by atoms with Gasteiger partial charge in [0.1, 0.15) is 6.04 Å². The minimum Gasteiger partial charge on any atom is -0.341 e. The fraction of sp³-hybridized carbons (Fsp3) is 0.500. The van der Waals surface area contributed by atoms with E-state index in [-0.39, 0.29) is 11.9 Å². The van der Waals surface area contributed by atoms with Crippen LogP contribution in [-0.2, 0) is 4.79 Å². The van der Waals surface area contributed by atoms with Crippen molar-refractivity contribution in [2.45, 2.75) is 37.6 Å². The van der Waals surface area contributed by atoms with E-state index in [2.05, 4.69) is 38.2 Å². The van der Waals surface area contributed by atoms with Crippen molar-refractivity contribution >= 4 is 5.91 Å². The number of H-pyrrole nitrogens is 1. The van der Waals surface area contributed by atoms with Crippen molar-refractivity contribution in [3.63, 3.8) is 0 Å². The Kier molecular flexibility index (Phi) is 4.83. The van der Waals surface area contributed by atoms with Gasteiger partial charge in [0.15, 0.2) is 0 Å². The van der Waals surface area contributed by atoms with E-state index in [1.54, 1.807) is 0 Å². The van der Waals surface area contributed by atoms with Crippen molar-refractivity contribution in [2.75, 3.05) is 26.2 Å². The fourth-order valence-corrected chi connectivity index (χ4v) is 4.24. The summed E-state index contributed by atoms with van der Waals surface area (Å²) in [4.78, 5) is 17.7. The van der Waals surface area contributed by atoms with Crippen molar-refractivity contribution in [3.8, 4) is 0 Å². The zero-order chi connectivity index (χ0) is 17.1. The molecular weight excluding hydrogens is 312 g/mol. The first-order chi connectivity index (χ1) is 12.3. The van der Waals surface area contributed by atoms with Gasteiger partial charge < -0.3 is 4.90 Å². The van der Waals surface area contributed by atoms with Gasteiger partial charge in [-0.15, -0.1) is 0 Å². The van der Waals surface area contributed by atoms with Gasteiger partial charge in [-0.05, 0) is 43.9 Å². The molecule has 0 unspecified atom stereocenters. The van der Waals surface area contributed by atoms with Crippen molar-refractivity contribution in [1.29, 1.82) is 0 Å². The van der Waals surface area contributed by atoms with Gasteiger partial charge in [0.05, 0.1) is 0 Å². The molecular formula is C20H26N4O. The third kappa shape index (κ3) is 3.47. The van der Waals surface area contributed by atoms with E-state index in [0.29, 0.717) is 5.92 Å². The summed E-state index contributed by atoms with van der Waals surface area (Å²) in [6, 6.07) is 12.2. The summed E-state index contributed by atoms with van der Waals surface area (Å²) in [6.45, 7) is 3.69. The molecule has 5 heteroatoms. The normalized spacial score (nSPS) is 22.9. The van der Waals surface area contributed by atoms with Crippen LogP contribution in [-0.4, -0.2) is 52.1 Å². The molecule has 5 nitrogen and oxygen atoms in total. The largest absolute Gasteiger partial charge is 0.341 e. The van der Waals surface area contributed by atoms with Crippen LogP contribution in [0.3, 0.4) is 0 Å². The highest BCUT2D eigenvalue weighted by molar-refractivity contribution is 5.83. The van der Waals surface area contributed by atoms with Crippen LogP contribution in [0.5, 0.6) is 0 Å². The lowest BCUT2D eigenvalue weighted by Gasteiger charge is -2.38. The van der Waals surface area contributed by atoms with E-state index >= 15 is 0 Å². The van der Waals surface area contributed by atoms with Gasteiger partial charge in [0, 0.05) is 37.4 Å². The third-order valence-electron chi connectivity index (χ3n) is 5.55. The molecule has 4 rings (SSSR count). The smallest absolute Gasteiger partial charge is 0.244 e. The maximum absolute atomic E-state index is 13.3. The molecule has 132 valence electrons. The summed E-state index contributed by atoms with van der Waals surface area (Å²) >= 11 is 0. The van der Waals surface area contributed by atoms with Crippen molar-refractivity contribution in [3.05, 3.63) is 53.9 Å². The molecule has 2 aliphatic rings. The number of rotatable bonds is 4. The van der Waals surface area contributed by atoms with Crippen LogP contribution < -0.4 is 0 Å². The molecule has 2 saturated heterocycles. The van der Waals surface area contributed by atoms with Gasteiger partial charge in [0.2, 0.25) is 5.91 Å². The third-order valence-corrected chi connectivity index (χ3v) is 5.55. The van der Waals surface area contributed by atoms with Crippen LogP contribution in [0.2, 0.25) is 0 Å². The summed E-state index contributed by atoms with van der Waals surface area (Å²) in [5.74, 6) is 0.697. The van der Waals surface area contributed by atoms with Crippen LogP contribution in [0.15, 0.2) is 42.6 Å². The topological polar surface area (TPSA) is 52.2 Å². The molecule has 1 amide bonds. The molecule has 1 aromatic carbocycles. The Balaban J connectivity index is 1.59. The summed E-state index contributed by atoms with van der Waals surface area (Å²) in [5.41, 5.74) is 2.30. The summed E-state index contributed by atoms with van der Waals surface area (Å²) in [7, 11) is 0. The Labute approximate surface area is 149 Å².